The van der Waals surface area contributed by atoms with Crippen LogP contribution in [0.15, 0.2) is 36.7 Å². The number of aryl methyl sites for hydroxylation is 1. The number of hydrogen-bond donors (Lipinski definition) is 1. The van der Waals surface area contributed by atoms with Crippen molar-refractivity contribution in [1.82, 2.24) is 9.97 Å². The van der Waals surface area contributed by atoms with Crippen molar-refractivity contribution in [2.24, 2.45) is 5.92 Å². The van der Waals surface area contributed by atoms with Crippen LogP contribution in [0.5, 0.6) is 0 Å². The Bertz CT molecular complexity index is 1050. The molecule has 0 spiro atoms. The largest absolute Gasteiger partial charge is 0.355 e. The summed E-state index contributed by atoms with van der Waals surface area (Å²) in [6.45, 7) is 3.66. The molecule has 0 radical (unpaired) electrons. The van der Waals surface area contributed by atoms with E-state index >= 15 is 0 Å². The number of nitrogens with one attached hydrogen (secondary N) is 1. The van der Waals surface area contributed by atoms with Crippen molar-refractivity contribution >= 4 is 39.0 Å². The molecule has 3 aromatic rings. The number of benzene rings is 1. The second-order valence-electron chi connectivity index (χ2n) is 6.95. The monoisotopic (exact) mass is 391 g/mol. The third kappa shape index (κ3) is 3.69. The van der Waals surface area contributed by atoms with Crippen LogP contribution >= 0.6 is 11.3 Å². The maximum Gasteiger partial charge on any atom is 0.229 e. The van der Waals surface area contributed by atoms with E-state index < -0.39 is 0 Å². The average Bonchev–Trinajstić information content (AvgIpc) is 3.17. The van der Waals surface area contributed by atoms with Crippen LogP contribution in [0.25, 0.3) is 10.2 Å². The van der Waals surface area contributed by atoms with Gasteiger partial charge in [0.15, 0.2) is 0 Å². The van der Waals surface area contributed by atoms with Gasteiger partial charge in [-0.05, 0) is 43.5 Å². The Labute approximate surface area is 167 Å². The van der Waals surface area contributed by atoms with Crippen LogP contribution in [0.1, 0.15) is 30.2 Å². The normalized spacial score (nSPS) is 16.7. The van der Waals surface area contributed by atoms with Gasteiger partial charge in [-0.2, -0.15) is 5.26 Å². The Balaban J connectivity index is 1.52. The summed E-state index contributed by atoms with van der Waals surface area (Å²) in [5.74, 6) is 0.795. The summed E-state index contributed by atoms with van der Waals surface area (Å²) in [6.07, 6.45) is 4.38. The lowest BCUT2D eigenvalue weighted by Crippen LogP contribution is -2.41. The van der Waals surface area contributed by atoms with E-state index in [1.807, 2.05) is 6.07 Å². The van der Waals surface area contributed by atoms with Crippen molar-refractivity contribution in [3.8, 4) is 6.07 Å². The molecule has 1 fully saturated rings. The molecule has 7 heteroatoms. The third-order valence-electron chi connectivity index (χ3n) is 5.06. The lowest BCUT2D eigenvalue weighted by atomic mass is 9.96. The minimum Gasteiger partial charge on any atom is -0.355 e. The number of amides is 1. The molecule has 142 valence electrons. The molecule has 1 aliphatic rings. The summed E-state index contributed by atoms with van der Waals surface area (Å²) in [7, 11) is 0. The van der Waals surface area contributed by atoms with E-state index in [0.29, 0.717) is 17.8 Å². The number of rotatable bonds is 4. The molecule has 4 rings (SSSR count). The Morgan fingerprint density at radius 2 is 2.29 bits per heavy atom. The Morgan fingerprint density at radius 1 is 1.39 bits per heavy atom. The van der Waals surface area contributed by atoms with Crippen molar-refractivity contribution in [2.45, 2.75) is 26.2 Å². The fraction of sp³-hybridized carbons (Fsp3) is 0.333. The Hall–Kier alpha value is -2.98. The number of fused-ring (bicyclic) bond motifs is 1. The van der Waals surface area contributed by atoms with Crippen LogP contribution in [0.3, 0.4) is 0 Å². The molecule has 0 unspecified atom stereocenters. The number of piperidine rings is 1. The molecule has 1 amide bonds. The average molecular weight is 392 g/mol. The van der Waals surface area contributed by atoms with Gasteiger partial charge in [0.25, 0.3) is 0 Å². The van der Waals surface area contributed by atoms with Gasteiger partial charge in [0.05, 0.1) is 22.9 Å². The van der Waals surface area contributed by atoms with Crippen molar-refractivity contribution in [2.75, 3.05) is 23.3 Å². The van der Waals surface area contributed by atoms with Gasteiger partial charge in [-0.25, -0.2) is 9.97 Å². The van der Waals surface area contributed by atoms with E-state index in [1.165, 1.54) is 4.88 Å². The van der Waals surface area contributed by atoms with Gasteiger partial charge >= 0.3 is 0 Å². The fourth-order valence-electron chi connectivity index (χ4n) is 3.61. The number of carbonyl (C=O) groups is 1. The van der Waals surface area contributed by atoms with Crippen LogP contribution in [0, 0.1) is 17.2 Å². The molecule has 28 heavy (non-hydrogen) atoms. The van der Waals surface area contributed by atoms with Crippen LogP contribution in [-0.4, -0.2) is 29.0 Å². The molecule has 1 saturated heterocycles. The standard InChI is InChI=1S/C21H21N5OS/c1-2-17-10-18-19(23-13-24-21(18)28-17)26-8-4-6-15(12-26)20(27)25-16-7-3-5-14(9-16)11-22/h3,5,7,9-10,13,15H,2,4,6,8,12H2,1H3,(H,25,27)/t15-/m0/s1. The lowest BCUT2D eigenvalue weighted by Gasteiger charge is -2.33. The summed E-state index contributed by atoms with van der Waals surface area (Å²) in [6, 6.07) is 11.3. The van der Waals surface area contributed by atoms with Crippen LogP contribution in [0.2, 0.25) is 0 Å². The van der Waals surface area contributed by atoms with Crippen LogP contribution in [0.4, 0.5) is 11.5 Å². The van der Waals surface area contributed by atoms with Crippen LogP contribution < -0.4 is 10.2 Å². The highest BCUT2D eigenvalue weighted by Gasteiger charge is 2.28. The third-order valence-corrected chi connectivity index (χ3v) is 6.25. The molecule has 0 bridgehead atoms. The van der Waals surface area contributed by atoms with E-state index in [0.717, 1.165) is 41.8 Å². The van der Waals surface area contributed by atoms with Crippen molar-refractivity contribution < 1.29 is 4.79 Å². The SMILES string of the molecule is CCc1cc2c(N3CCC[C@H](C(=O)Nc4cccc(C#N)c4)C3)ncnc2s1. The van der Waals surface area contributed by atoms with Crippen molar-refractivity contribution in [3.63, 3.8) is 0 Å². The molecular weight excluding hydrogens is 370 g/mol. The smallest absolute Gasteiger partial charge is 0.229 e. The summed E-state index contributed by atoms with van der Waals surface area (Å²) in [5.41, 5.74) is 1.20. The summed E-state index contributed by atoms with van der Waals surface area (Å²) >= 11 is 1.70. The molecule has 6 nitrogen and oxygen atoms in total. The number of hydrogen-bond acceptors (Lipinski definition) is 6. The molecule has 1 N–H and O–H groups in total. The zero-order chi connectivity index (χ0) is 19.5. The quantitative estimate of drug-likeness (QED) is 0.727. The number of nitriles is 1. The van der Waals surface area contributed by atoms with Gasteiger partial charge in [0.2, 0.25) is 5.91 Å². The van der Waals surface area contributed by atoms with Gasteiger partial charge in [-0.15, -0.1) is 11.3 Å². The number of anilines is 2. The number of aromatic nitrogens is 2. The van der Waals surface area contributed by atoms with Crippen LogP contribution in [-0.2, 0) is 11.2 Å². The van der Waals surface area contributed by atoms with E-state index in [9.17, 15) is 4.79 Å². The van der Waals surface area contributed by atoms with E-state index in [4.69, 9.17) is 5.26 Å². The first-order valence-corrected chi connectivity index (χ1v) is 10.3. The zero-order valence-corrected chi connectivity index (χ0v) is 16.5. The van der Waals surface area contributed by atoms with Gasteiger partial charge < -0.3 is 10.2 Å². The molecule has 1 atom stereocenters. The first-order valence-electron chi connectivity index (χ1n) is 9.47. The molecule has 0 saturated carbocycles. The second kappa shape index (κ2) is 7.95. The van der Waals surface area contributed by atoms with E-state index in [1.54, 1.807) is 35.9 Å². The van der Waals surface area contributed by atoms with Crippen molar-refractivity contribution in [1.29, 1.82) is 5.26 Å². The molecular formula is C21H21N5OS. The molecule has 3 heterocycles. The number of nitrogens with zero attached hydrogens (tertiary/aromatic N) is 4. The van der Waals surface area contributed by atoms with Gasteiger partial charge in [-0.1, -0.05) is 13.0 Å². The minimum atomic E-state index is -0.117. The number of carbonyl (C=O) groups excluding carboxylic acids is 1. The molecule has 2 aromatic heterocycles. The van der Waals surface area contributed by atoms with E-state index in [2.05, 4.69) is 39.2 Å². The maximum atomic E-state index is 12.8. The Kier molecular flexibility index (Phi) is 5.22. The highest BCUT2D eigenvalue weighted by atomic mass is 32.1. The summed E-state index contributed by atoms with van der Waals surface area (Å²) in [5, 5.41) is 13.1. The predicted molar refractivity (Wildman–Crippen MR) is 112 cm³/mol. The second-order valence-corrected chi connectivity index (χ2v) is 8.06. The van der Waals surface area contributed by atoms with E-state index in [-0.39, 0.29) is 11.8 Å². The first kappa shape index (κ1) is 18.4. The summed E-state index contributed by atoms with van der Waals surface area (Å²) < 4.78 is 0. The van der Waals surface area contributed by atoms with Gasteiger partial charge in [0.1, 0.15) is 17.0 Å². The van der Waals surface area contributed by atoms with Gasteiger partial charge in [0, 0.05) is 23.7 Å². The predicted octanol–water partition coefficient (Wildman–Crippen LogP) is 3.98. The molecule has 1 aliphatic heterocycles. The molecule has 0 aliphatic carbocycles. The first-order chi connectivity index (χ1) is 13.7. The Morgan fingerprint density at radius 3 is 3.11 bits per heavy atom. The van der Waals surface area contributed by atoms with Crippen molar-refractivity contribution in [3.05, 3.63) is 47.1 Å². The topological polar surface area (TPSA) is 81.9 Å². The minimum absolute atomic E-state index is 0.00958. The summed E-state index contributed by atoms with van der Waals surface area (Å²) in [4.78, 5) is 26.2. The lowest BCUT2D eigenvalue weighted by molar-refractivity contribution is -0.120. The highest BCUT2D eigenvalue weighted by molar-refractivity contribution is 7.18. The molecule has 1 aromatic carbocycles. The van der Waals surface area contributed by atoms with Gasteiger partial charge in [-0.3, -0.25) is 4.79 Å². The number of thiophene rings is 1. The maximum absolute atomic E-state index is 12.8. The fourth-order valence-corrected chi connectivity index (χ4v) is 4.54. The zero-order valence-electron chi connectivity index (χ0n) is 15.7. The highest BCUT2D eigenvalue weighted by Crippen LogP contribution is 2.32.